The van der Waals surface area contributed by atoms with Gasteiger partial charge in [0.25, 0.3) is 5.56 Å². The summed E-state index contributed by atoms with van der Waals surface area (Å²) in [6, 6.07) is 13.3. The molecule has 1 fully saturated rings. The Morgan fingerprint density at radius 3 is 2.79 bits per heavy atom. The molecule has 1 unspecified atom stereocenters. The smallest absolute Gasteiger partial charge is 0.251 e. The summed E-state index contributed by atoms with van der Waals surface area (Å²) in [5.41, 5.74) is 4.28. The van der Waals surface area contributed by atoms with E-state index in [1.807, 2.05) is 44.2 Å². The molecule has 178 valence electrons. The molecule has 7 nitrogen and oxygen atoms in total. The van der Waals surface area contributed by atoms with Gasteiger partial charge < -0.3 is 19.1 Å². The van der Waals surface area contributed by atoms with Crippen LogP contribution in [0.2, 0.25) is 0 Å². The van der Waals surface area contributed by atoms with Gasteiger partial charge in [-0.05, 0) is 75.3 Å². The molecular weight excluding hydrogens is 452 g/mol. The first-order valence-electron chi connectivity index (χ1n) is 11.4. The van der Waals surface area contributed by atoms with Crippen molar-refractivity contribution in [3.63, 3.8) is 0 Å². The average Bonchev–Trinajstić information content (AvgIpc) is 3.46. The minimum atomic E-state index is -0.0683. The fourth-order valence-electron chi connectivity index (χ4n) is 4.62. The van der Waals surface area contributed by atoms with Gasteiger partial charge in [0.1, 0.15) is 11.5 Å². The zero-order chi connectivity index (χ0) is 22.8. The van der Waals surface area contributed by atoms with E-state index in [9.17, 15) is 4.79 Å². The summed E-state index contributed by atoms with van der Waals surface area (Å²) in [5, 5.41) is 8.50. The number of pyridine rings is 2. The Balaban J connectivity index is 0.00000274. The number of ether oxygens (including phenoxy) is 1. The molecule has 5 rings (SSSR count). The van der Waals surface area contributed by atoms with Crippen LogP contribution in [0.25, 0.3) is 22.0 Å². The Labute approximate surface area is 204 Å². The maximum atomic E-state index is 12.8. The minimum Gasteiger partial charge on any atom is -0.493 e. The third kappa shape index (κ3) is 4.86. The highest BCUT2D eigenvalue weighted by molar-refractivity contribution is 5.89. The second-order valence-electron chi connectivity index (χ2n) is 8.68. The molecule has 0 spiro atoms. The van der Waals surface area contributed by atoms with Crippen molar-refractivity contribution in [2.24, 2.45) is 5.92 Å². The van der Waals surface area contributed by atoms with Crippen molar-refractivity contribution in [1.29, 1.82) is 0 Å². The lowest BCUT2D eigenvalue weighted by molar-refractivity contribution is 0.285. The van der Waals surface area contributed by atoms with Crippen molar-refractivity contribution in [2.75, 3.05) is 19.7 Å². The van der Waals surface area contributed by atoms with Gasteiger partial charge in [0.05, 0.1) is 35.6 Å². The lowest BCUT2D eigenvalue weighted by Gasteiger charge is -2.17. The van der Waals surface area contributed by atoms with E-state index in [0.29, 0.717) is 19.1 Å². The monoisotopic (exact) mass is 480 g/mol. The zero-order valence-electron chi connectivity index (χ0n) is 19.4. The van der Waals surface area contributed by atoms with Gasteiger partial charge in [-0.15, -0.1) is 12.4 Å². The number of fused-ring (bicyclic) bond motifs is 1. The van der Waals surface area contributed by atoms with Crippen LogP contribution in [0.4, 0.5) is 0 Å². The van der Waals surface area contributed by atoms with Crippen LogP contribution >= 0.6 is 12.4 Å². The first kappa shape index (κ1) is 24.0. The Hall–Kier alpha value is -3.16. The lowest BCUT2D eigenvalue weighted by Crippen LogP contribution is -2.20. The first-order valence-corrected chi connectivity index (χ1v) is 11.4. The summed E-state index contributed by atoms with van der Waals surface area (Å²) in [6.45, 7) is 6.98. The summed E-state index contributed by atoms with van der Waals surface area (Å²) < 4.78 is 13.6. The highest BCUT2D eigenvalue weighted by Gasteiger charge is 2.20. The van der Waals surface area contributed by atoms with Gasteiger partial charge in [-0.3, -0.25) is 9.78 Å². The molecule has 1 aliphatic rings. The molecule has 4 heterocycles. The van der Waals surface area contributed by atoms with E-state index in [-0.39, 0.29) is 18.0 Å². The van der Waals surface area contributed by atoms with Gasteiger partial charge >= 0.3 is 0 Å². The number of benzene rings is 1. The lowest BCUT2D eigenvalue weighted by atomic mass is 10.00. The standard InChI is InChI=1S/C26H28N4O3.ClH/c1-17-26(18(2)33-29-17)22-13-20-6-7-25(31)30(16-21-5-3-4-10-28-21)23(20)14-24(22)32-12-9-19-8-11-27-15-19;/h3-7,10,13-14,19,27H,8-9,11-12,15-16H2,1-2H3;1H. The van der Waals surface area contributed by atoms with E-state index in [0.717, 1.165) is 64.4 Å². The van der Waals surface area contributed by atoms with E-state index >= 15 is 0 Å². The van der Waals surface area contributed by atoms with Gasteiger partial charge in [-0.2, -0.15) is 0 Å². The predicted molar refractivity (Wildman–Crippen MR) is 135 cm³/mol. The van der Waals surface area contributed by atoms with Gasteiger partial charge in [-0.1, -0.05) is 11.2 Å². The Kier molecular flexibility index (Phi) is 7.34. The Morgan fingerprint density at radius 2 is 2.09 bits per heavy atom. The Morgan fingerprint density at radius 1 is 1.21 bits per heavy atom. The van der Waals surface area contributed by atoms with Gasteiger partial charge in [0, 0.05) is 23.9 Å². The van der Waals surface area contributed by atoms with Crippen molar-refractivity contribution < 1.29 is 9.26 Å². The maximum Gasteiger partial charge on any atom is 0.251 e. The van der Waals surface area contributed by atoms with E-state index < -0.39 is 0 Å². The van der Waals surface area contributed by atoms with Crippen molar-refractivity contribution in [3.8, 4) is 16.9 Å². The van der Waals surface area contributed by atoms with E-state index in [1.165, 1.54) is 6.42 Å². The molecule has 0 saturated carbocycles. The summed E-state index contributed by atoms with van der Waals surface area (Å²) in [4.78, 5) is 17.2. The molecule has 34 heavy (non-hydrogen) atoms. The molecule has 1 aliphatic heterocycles. The van der Waals surface area contributed by atoms with Crippen LogP contribution in [0.15, 0.2) is 58.0 Å². The third-order valence-corrected chi connectivity index (χ3v) is 6.39. The summed E-state index contributed by atoms with van der Waals surface area (Å²) >= 11 is 0. The predicted octanol–water partition coefficient (Wildman–Crippen LogP) is 4.52. The number of nitrogens with zero attached hydrogens (tertiary/aromatic N) is 3. The molecule has 8 heteroatoms. The number of halogens is 1. The second kappa shape index (κ2) is 10.4. The molecule has 1 atom stereocenters. The quantitative estimate of drug-likeness (QED) is 0.419. The molecule has 3 aromatic heterocycles. The number of hydrogen-bond acceptors (Lipinski definition) is 6. The highest BCUT2D eigenvalue weighted by Crippen LogP contribution is 2.38. The van der Waals surface area contributed by atoms with Crippen LogP contribution in [0, 0.1) is 19.8 Å². The average molecular weight is 481 g/mol. The largest absolute Gasteiger partial charge is 0.493 e. The van der Waals surface area contributed by atoms with E-state index in [1.54, 1.807) is 16.8 Å². The molecule has 0 bridgehead atoms. The van der Waals surface area contributed by atoms with Gasteiger partial charge in [0.15, 0.2) is 0 Å². The molecular formula is C26H29ClN4O3. The fourth-order valence-corrected chi connectivity index (χ4v) is 4.62. The zero-order valence-corrected chi connectivity index (χ0v) is 20.2. The van der Waals surface area contributed by atoms with Crippen molar-refractivity contribution in [2.45, 2.75) is 33.2 Å². The van der Waals surface area contributed by atoms with Crippen molar-refractivity contribution in [3.05, 3.63) is 76.2 Å². The maximum absolute atomic E-state index is 12.8. The first-order chi connectivity index (χ1) is 16.1. The number of aromatic nitrogens is 3. The normalized spacial score (nSPS) is 15.4. The molecule has 4 aromatic rings. The molecule has 1 saturated heterocycles. The van der Waals surface area contributed by atoms with Crippen molar-refractivity contribution in [1.82, 2.24) is 20.0 Å². The number of rotatable bonds is 7. The highest BCUT2D eigenvalue weighted by atomic mass is 35.5. The minimum absolute atomic E-state index is 0. The third-order valence-electron chi connectivity index (χ3n) is 6.39. The summed E-state index contributed by atoms with van der Waals surface area (Å²) in [7, 11) is 0. The van der Waals surface area contributed by atoms with Crippen LogP contribution < -0.4 is 15.6 Å². The van der Waals surface area contributed by atoms with Crippen molar-refractivity contribution >= 4 is 23.3 Å². The molecule has 0 radical (unpaired) electrons. The van der Waals surface area contributed by atoms with Crippen LogP contribution in [0.1, 0.15) is 30.0 Å². The molecule has 0 amide bonds. The molecule has 1 N–H and O–H groups in total. The fraction of sp³-hybridized carbons (Fsp3) is 0.346. The topological polar surface area (TPSA) is 82.2 Å². The SMILES string of the molecule is Cc1noc(C)c1-c1cc2ccc(=O)n(Cc3ccccn3)c2cc1OCCC1CCNC1.Cl. The Bertz CT molecular complexity index is 1310. The molecule has 0 aliphatic carbocycles. The van der Waals surface area contributed by atoms with Gasteiger partial charge in [-0.25, -0.2) is 0 Å². The molecule has 1 aromatic carbocycles. The summed E-state index contributed by atoms with van der Waals surface area (Å²) in [6.07, 6.45) is 3.91. The second-order valence-corrected chi connectivity index (χ2v) is 8.68. The summed E-state index contributed by atoms with van der Waals surface area (Å²) in [5.74, 6) is 2.12. The van der Waals surface area contributed by atoms with E-state index in [2.05, 4.69) is 21.5 Å². The van der Waals surface area contributed by atoms with Gasteiger partial charge in [0.2, 0.25) is 0 Å². The van der Waals surface area contributed by atoms with E-state index in [4.69, 9.17) is 9.26 Å². The van der Waals surface area contributed by atoms with Crippen LogP contribution in [-0.4, -0.2) is 34.4 Å². The van der Waals surface area contributed by atoms with Crippen LogP contribution in [-0.2, 0) is 6.54 Å². The number of hydrogen-bond donors (Lipinski definition) is 1. The number of aryl methyl sites for hydroxylation is 2. The van der Waals surface area contributed by atoms with Crippen LogP contribution in [0.5, 0.6) is 5.75 Å². The van der Waals surface area contributed by atoms with Crippen LogP contribution in [0.3, 0.4) is 0 Å². The number of nitrogens with one attached hydrogen (secondary N) is 1.